The van der Waals surface area contributed by atoms with Crippen molar-refractivity contribution in [2.75, 3.05) is 18.4 Å². The Morgan fingerprint density at radius 2 is 1.91 bits per heavy atom. The van der Waals surface area contributed by atoms with Crippen LogP contribution in [0.25, 0.3) is 0 Å². The van der Waals surface area contributed by atoms with Gasteiger partial charge in [-0.05, 0) is 36.6 Å². The van der Waals surface area contributed by atoms with E-state index < -0.39 is 5.82 Å². The lowest BCUT2D eigenvalue weighted by molar-refractivity contribution is -0.119. The summed E-state index contributed by atoms with van der Waals surface area (Å²) in [4.78, 5) is 11.7. The zero-order valence-corrected chi connectivity index (χ0v) is 12.9. The first-order valence-corrected chi connectivity index (χ1v) is 7.52. The normalized spacial score (nSPS) is 10.3. The van der Waals surface area contributed by atoms with E-state index in [-0.39, 0.29) is 18.1 Å². The van der Waals surface area contributed by atoms with Crippen molar-refractivity contribution >= 4 is 23.2 Å². The first kappa shape index (κ1) is 16.3. The third-order valence-electron chi connectivity index (χ3n) is 3.18. The molecule has 2 aromatic carbocycles. The summed E-state index contributed by atoms with van der Waals surface area (Å²) in [7, 11) is 0. The van der Waals surface area contributed by atoms with Gasteiger partial charge in [0.1, 0.15) is 5.82 Å². The van der Waals surface area contributed by atoms with E-state index in [2.05, 4.69) is 22.8 Å². The lowest BCUT2D eigenvalue weighted by Gasteiger charge is -2.09. The molecule has 2 N–H and O–H groups in total. The summed E-state index contributed by atoms with van der Waals surface area (Å²) in [5, 5.41) is 5.88. The highest BCUT2D eigenvalue weighted by Gasteiger charge is 2.05. The Morgan fingerprint density at radius 1 is 1.14 bits per heavy atom. The van der Waals surface area contributed by atoms with Crippen LogP contribution in [0.1, 0.15) is 12.0 Å². The van der Waals surface area contributed by atoms with Gasteiger partial charge in [0, 0.05) is 11.6 Å². The zero-order chi connectivity index (χ0) is 15.8. The van der Waals surface area contributed by atoms with Gasteiger partial charge >= 0.3 is 0 Å². The van der Waals surface area contributed by atoms with Crippen molar-refractivity contribution in [3.8, 4) is 0 Å². The first-order chi connectivity index (χ1) is 10.6. The van der Waals surface area contributed by atoms with E-state index in [1.807, 2.05) is 18.2 Å². The monoisotopic (exact) mass is 320 g/mol. The number of hydrogen-bond donors (Lipinski definition) is 2. The summed E-state index contributed by atoms with van der Waals surface area (Å²) in [5.41, 5.74) is 1.52. The Morgan fingerprint density at radius 3 is 2.64 bits per heavy atom. The molecule has 2 aromatic rings. The van der Waals surface area contributed by atoms with E-state index in [1.54, 1.807) is 6.07 Å². The van der Waals surface area contributed by atoms with Crippen LogP contribution in [-0.2, 0) is 11.2 Å². The van der Waals surface area contributed by atoms with Gasteiger partial charge in [-0.3, -0.25) is 4.79 Å². The fraction of sp³-hybridized carbons (Fsp3) is 0.235. The minimum Gasteiger partial charge on any atom is -0.374 e. The number of benzene rings is 2. The van der Waals surface area contributed by atoms with E-state index in [4.69, 9.17) is 11.6 Å². The molecule has 0 fully saturated rings. The molecule has 0 saturated carbocycles. The predicted molar refractivity (Wildman–Crippen MR) is 87.7 cm³/mol. The molecule has 0 atom stereocenters. The maximum atomic E-state index is 13.5. The lowest BCUT2D eigenvalue weighted by Crippen LogP contribution is -2.31. The molecule has 0 aliphatic carbocycles. The Labute approximate surface area is 134 Å². The second-order valence-corrected chi connectivity index (χ2v) is 5.35. The zero-order valence-electron chi connectivity index (χ0n) is 12.1. The topological polar surface area (TPSA) is 41.1 Å². The summed E-state index contributed by atoms with van der Waals surface area (Å²) < 4.78 is 13.5. The van der Waals surface area contributed by atoms with Crippen LogP contribution in [0.4, 0.5) is 10.1 Å². The SMILES string of the molecule is O=C(CNc1ccc(Cl)cc1F)NCCCc1ccccc1. The Hall–Kier alpha value is -2.07. The minimum absolute atomic E-state index is 0.0316. The van der Waals surface area contributed by atoms with Crippen LogP contribution >= 0.6 is 11.6 Å². The molecule has 3 nitrogen and oxygen atoms in total. The third-order valence-corrected chi connectivity index (χ3v) is 3.41. The number of nitrogens with one attached hydrogen (secondary N) is 2. The average molecular weight is 321 g/mol. The molecule has 0 bridgehead atoms. The van der Waals surface area contributed by atoms with Gasteiger partial charge in [0.25, 0.3) is 0 Å². The molecule has 0 aliphatic heterocycles. The van der Waals surface area contributed by atoms with Crippen molar-refractivity contribution in [2.45, 2.75) is 12.8 Å². The van der Waals surface area contributed by atoms with E-state index in [0.717, 1.165) is 12.8 Å². The molecule has 0 aromatic heterocycles. The Balaban J connectivity index is 1.65. The van der Waals surface area contributed by atoms with E-state index in [1.165, 1.54) is 17.7 Å². The van der Waals surface area contributed by atoms with Gasteiger partial charge in [0.05, 0.1) is 12.2 Å². The first-order valence-electron chi connectivity index (χ1n) is 7.15. The second-order valence-electron chi connectivity index (χ2n) is 4.92. The highest BCUT2D eigenvalue weighted by molar-refractivity contribution is 6.30. The molecule has 116 valence electrons. The quantitative estimate of drug-likeness (QED) is 0.765. The van der Waals surface area contributed by atoms with E-state index in [9.17, 15) is 9.18 Å². The van der Waals surface area contributed by atoms with Gasteiger partial charge in [-0.1, -0.05) is 41.9 Å². The maximum absolute atomic E-state index is 13.5. The van der Waals surface area contributed by atoms with E-state index >= 15 is 0 Å². The van der Waals surface area contributed by atoms with Crippen LogP contribution in [0, 0.1) is 5.82 Å². The summed E-state index contributed by atoms with van der Waals surface area (Å²) in [5.74, 6) is -0.633. The van der Waals surface area contributed by atoms with Crippen molar-refractivity contribution in [1.29, 1.82) is 0 Å². The number of anilines is 1. The van der Waals surface area contributed by atoms with Crippen molar-refractivity contribution < 1.29 is 9.18 Å². The molecule has 5 heteroatoms. The number of carbonyl (C=O) groups excluding carboxylic acids is 1. The standard InChI is InChI=1S/C17H18ClFN2O/c18-14-8-9-16(15(19)11-14)21-12-17(22)20-10-4-7-13-5-2-1-3-6-13/h1-3,5-6,8-9,11,21H,4,7,10,12H2,(H,20,22). The van der Waals surface area contributed by atoms with Crippen LogP contribution in [0.2, 0.25) is 5.02 Å². The molecule has 0 radical (unpaired) electrons. The van der Waals surface area contributed by atoms with Gasteiger partial charge in [-0.25, -0.2) is 4.39 Å². The summed E-state index contributed by atoms with van der Waals surface area (Å²) in [6.45, 7) is 0.627. The fourth-order valence-electron chi connectivity index (χ4n) is 2.04. The van der Waals surface area contributed by atoms with Crippen molar-refractivity contribution in [3.05, 3.63) is 64.9 Å². The maximum Gasteiger partial charge on any atom is 0.239 e. The van der Waals surface area contributed by atoms with Gasteiger partial charge in [0.2, 0.25) is 5.91 Å². The Bertz CT molecular complexity index is 619. The van der Waals surface area contributed by atoms with Crippen LogP contribution in [-0.4, -0.2) is 19.0 Å². The van der Waals surface area contributed by atoms with Crippen LogP contribution < -0.4 is 10.6 Å². The molecule has 0 unspecified atom stereocenters. The molecule has 0 aliphatic rings. The van der Waals surface area contributed by atoms with Crippen molar-refractivity contribution in [2.24, 2.45) is 0 Å². The highest BCUT2D eigenvalue weighted by Crippen LogP contribution is 2.18. The van der Waals surface area contributed by atoms with Gasteiger partial charge in [0.15, 0.2) is 0 Å². The van der Waals surface area contributed by atoms with Crippen LogP contribution in [0.15, 0.2) is 48.5 Å². The van der Waals surface area contributed by atoms with Gasteiger partial charge < -0.3 is 10.6 Å². The summed E-state index contributed by atoms with van der Waals surface area (Å²) in [6.07, 6.45) is 1.78. The number of rotatable bonds is 7. The number of hydrogen-bond acceptors (Lipinski definition) is 2. The Kier molecular flexibility index (Phi) is 6.22. The minimum atomic E-state index is -0.468. The molecule has 0 heterocycles. The molecule has 0 spiro atoms. The second kappa shape index (κ2) is 8.39. The van der Waals surface area contributed by atoms with E-state index in [0.29, 0.717) is 11.6 Å². The van der Waals surface area contributed by atoms with Crippen molar-refractivity contribution in [3.63, 3.8) is 0 Å². The lowest BCUT2D eigenvalue weighted by atomic mass is 10.1. The third kappa shape index (κ3) is 5.37. The molecule has 1 amide bonds. The smallest absolute Gasteiger partial charge is 0.239 e. The van der Waals surface area contributed by atoms with Crippen LogP contribution in [0.3, 0.4) is 0 Å². The predicted octanol–water partition coefficient (Wildman–Crippen LogP) is 3.64. The molecule has 2 rings (SSSR count). The van der Waals surface area contributed by atoms with Crippen molar-refractivity contribution in [1.82, 2.24) is 5.32 Å². The number of halogens is 2. The molecule has 22 heavy (non-hydrogen) atoms. The molecular weight excluding hydrogens is 303 g/mol. The average Bonchev–Trinajstić information content (AvgIpc) is 2.52. The van der Waals surface area contributed by atoms with Crippen LogP contribution in [0.5, 0.6) is 0 Å². The number of aryl methyl sites for hydroxylation is 1. The molecular formula is C17H18ClFN2O. The number of carbonyl (C=O) groups is 1. The molecule has 0 saturated heterocycles. The van der Waals surface area contributed by atoms with Gasteiger partial charge in [-0.2, -0.15) is 0 Å². The number of amides is 1. The summed E-state index contributed by atoms with van der Waals surface area (Å²) >= 11 is 5.67. The summed E-state index contributed by atoms with van der Waals surface area (Å²) in [6, 6.07) is 14.4. The largest absolute Gasteiger partial charge is 0.374 e. The fourth-order valence-corrected chi connectivity index (χ4v) is 2.19. The van der Waals surface area contributed by atoms with Gasteiger partial charge in [-0.15, -0.1) is 0 Å². The highest BCUT2D eigenvalue weighted by atomic mass is 35.5.